The zero-order valence-corrected chi connectivity index (χ0v) is 18.3. The number of aryl methyl sites for hydroxylation is 1. The van der Waals surface area contributed by atoms with Crippen LogP contribution >= 0.6 is 15.9 Å². The molecule has 0 unspecified atom stereocenters. The number of sulfonamides is 2. The molecule has 0 saturated heterocycles. The van der Waals surface area contributed by atoms with Gasteiger partial charge in [0, 0.05) is 23.8 Å². The molecular weight excluding hydrogens is 456 g/mol. The van der Waals surface area contributed by atoms with E-state index in [1.54, 1.807) is 32.9 Å². The molecule has 2 aromatic rings. The Hall–Kier alpha value is -1.53. The molecular formula is C16H21BrN4O4S2. The molecule has 0 aliphatic rings. The van der Waals surface area contributed by atoms with E-state index in [1.165, 1.54) is 28.7 Å². The first-order valence-corrected chi connectivity index (χ1v) is 11.8. The SMILES string of the molecule is CCN(CC)S(=O)(=O)c1ccc(NNS(=O)(=O)c2cc(Br)ccc2C)nc1. The molecule has 148 valence electrons. The van der Waals surface area contributed by atoms with E-state index in [-0.39, 0.29) is 15.6 Å². The average Bonchev–Trinajstić information content (AvgIpc) is 2.63. The van der Waals surface area contributed by atoms with Gasteiger partial charge in [-0.15, -0.1) is 4.83 Å². The summed E-state index contributed by atoms with van der Waals surface area (Å²) in [7, 11) is -7.44. The Labute approximate surface area is 168 Å². The van der Waals surface area contributed by atoms with E-state index in [4.69, 9.17) is 0 Å². The Morgan fingerprint density at radius 3 is 2.30 bits per heavy atom. The Kier molecular flexibility index (Phi) is 6.98. The minimum atomic E-state index is -3.83. The fraction of sp³-hybridized carbons (Fsp3) is 0.312. The van der Waals surface area contributed by atoms with Crippen LogP contribution in [0, 0.1) is 6.92 Å². The lowest BCUT2D eigenvalue weighted by atomic mass is 10.2. The Balaban J connectivity index is 2.17. The van der Waals surface area contributed by atoms with Crippen LogP contribution in [0.4, 0.5) is 5.82 Å². The Morgan fingerprint density at radius 1 is 1.07 bits per heavy atom. The van der Waals surface area contributed by atoms with Gasteiger partial charge >= 0.3 is 0 Å². The first-order valence-electron chi connectivity index (χ1n) is 8.12. The third-order valence-corrected chi connectivity index (χ3v) is 7.75. The standard InChI is InChI=1S/C16H21BrN4O4S2/c1-4-21(5-2)27(24,25)14-8-9-16(18-11-14)19-20-26(22,23)15-10-13(17)7-6-12(15)3/h6-11,20H,4-5H2,1-3H3,(H,18,19). The fourth-order valence-corrected chi connectivity index (χ4v) is 5.40. The van der Waals surface area contributed by atoms with E-state index < -0.39 is 20.0 Å². The molecule has 27 heavy (non-hydrogen) atoms. The van der Waals surface area contributed by atoms with Crippen LogP contribution in [0.25, 0.3) is 0 Å². The second-order valence-electron chi connectivity index (χ2n) is 5.61. The maximum absolute atomic E-state index is 12.4. The highest BCUT2D eigenvalue weighted by Gasteiger charge is 2.22. The van der Waals surface area contributed by atoms with Gasteiger partial charge in [-0.25, -0.2) is 21.8 Å². The van der Waals surface area contributed by atoms with Crippen molar-refractivity contribution in [1.82, 2.24) is 14.1 Å². The van der Waals surface area contributed by atoms with Crippen LogP contribution in [-0.4, -0.2) is 39.2 Å². The number of halogens is 1. The summed E-state index contributed by atoms with van der Waals surface area (Å²) in [5, 5.41) is 0. The molecule has 2 N–H and O–H groups in total. The number of hydrazine groups is 1. The number of aromatic nitrogens is 1. The second kappa shape index (κ2) is 8.65. The van der Waals surface area contributed by atoms with Crippen LogP contribution < -0.4 is 10.3 Å². The number of pyridine rings is 1. The second-order valence-corrected chi connectivity index (χ2v) is 10.1. The summed E-state index contributed by atoms with van der Waals surface area (Å²) >= 11 is 3.25. The minimum absolute atomic E-state index is 0.0439. The Bertz CT molecular complexity index is 1010. The molecule has 0 radical (unpaired) electrons. The summed E-state index contributed by atoms with van der Waals surface area (Å²) in [6.45, 7) is 5.90. The number of rotatable bonds is 8. The Morgan fingerprint density at radius 2 is 1.74 bits per heavy atom. The van der Waals surface area contributed by atoms with Gasteiger partial charge in [0.15, 0.2) is 0 Å². The van der Waals surface area contributed by atoms with Crippen molar-refractivity contribution in [3.05, 3.63) is 46.6 Å². The van der Waals surface area contributed by atoms with Crippen LogP contribution in [0.2, 0.25) is 0 Å². The zero-order chi connectivity index (χ0) is 20.2. The minimum Gasteiger partial charge on any atom is -0.292 e. The van der Waals surface area contributed by atoms with Crippen LogP contribution in [0.15, 0.2) is 50.8 Å². The molecule has 11 heteroatoms. The van der Waals surface area contributed by atoms with E-state index in [0.29, 0.717) is 23.1 Å². The zero-order valence-electron chi connectivity index (χ0n) is 15.1. The predicted molar refractivity (Wildman–Crippen MR) is 107 cm³/mol. The molecule has 0 spiro atoms. The quantitative estimate of drug-likeness (QED) is 0.566. The van der Waals surface area contributed by atoms with E-state index in [2.05, 4.69) is 31.2 Å². The molecule has 0 amide bonds. The number of nitrogens with one attached hydrogen (secondary N) is 2. The first-order chi connectivity index (χ1) is 12.6. The monoisotopic (exact) mass is 476 g/mol. The predicted octanol–water partition coefficient (Wildman–Crippen LogP) is 2.49. The number of anilines is 1. The van der Waals surface area contributed by atoms with Gasteiger partial charge in [0.05, 0.1) is 4.90 Å². The van der Waals surface area contributed by atoms with Gasteiger partial charge in [0.2, 0.25) is 10.0 Å². The lowest BCUT2D eigenvalue weighted by Crippen LogP contribution is -2.31. The molecule has 0 aliphatic carbocycles. The summed E-state index contributed by atoms with van der Waals surface area (Å²) in [5.41, 5.74) is 3.08. The molecule has 0 saturated carbocycles. The van der Waals surface area contributed by atoms with E-state index in [0.717, 1.165) is 0 Å². The van der Waals surface area contributed by atoms with Crippen molar-refractivity contribution in [3.8, 4) is 0 Å². The summed E-state index contributed by atoms with van der Waals surface area (Å²) in [6, 6.07) is 7.70. The van der Waals surface area contributed by atoms with Crippen molar-refractivity contribution >= 4 is 41.8 Å². The van der Waals surface area contributed by atoms with Gasteiger partial charge in [-0.1, -0.05) is 35.8 Å². The van der Waals surface area contributed by atoms with Gasteiger partial charge < -0.3 is 0 Å². The molecule has 8 nitrogen and oxygen atoms in total. The molecule has 1 aromatic heterocycles. The number of benzene rings is 1. The number of hydrogen-bond donors (Lipinski definition) is 2. The number of hydrogen-bond acceptors (Lipinski definition) is 6. The molecule has 2 rings (SSSR count). The lowest BCUT2D eigenvalue weighted by molar-refractivity contribution is 0.445. The van der Waals surface area contributed by atoms with Crippen LogP contribution in [0.5, 0.6) is 0 Å². The summed E-state index contributed by atoms with van der Waals surface area (Å²) in [4.78, 5) is 6.38. The van der Waals surface area contributed by atoms with Crippen molar-refractivity contribution < 1.29 is 16.8 Å². The van der Waals surface area contributed by atoms with E-state index >= 15 is 0 Å². The van der Waals surface area contributed by atoms with Crippen molar-refractivity contribution in [1.29, 1.82) is 0 Å². The molecule has 1 heterocycles. The third-order valence-electron chi connectivity index (χ3n) is 3.83. The van der Waals surface area contributed by atoms with Gasteiger partial charge in [-0.2, -0.15) is 4.31 Å². The molecule has 1 aromatic carbocycles. The van der Waals surface area contributed by atoms with Gasteiger partial charge in [0.1, 0.15) is 10.7 Å². The highest BCUT2D eigenvalue weighted by molar-refractivity contribution is 9.10. The van der Waals surface area contributed by atoms with Crippen molar-refractivity contribution in [3.63, 3.8) is 0 Å². The highest BCUT2D eigenvalue weighted by atomic mass is 79.9. The largest absolute Gasteiger partial charge is 0.292 e. The highest BCUT2D eigenvalue weighted by Crippen LogP contribution is 2.21. The van der Waals surface area contributed by atoms with Crippen LogP contribution in [0.1, 0.15) is 19.4 Å². The van der Waals surface area contributed by atoms with Gasteiger partial charge in [-0.05, 0) is 36.8 Å². The topological polar surface area (TPSA) is 108 Å². The van der Waals surface area contributed by atoms with Crippen LogP contribution in [0.3, 0.4) is 0 Å². The normalized spacial score (nSPS) is 12.3. The molecule has 0 fully saturated rings. The fourth-order valence-electron chi connectivity index (χ4n) is 2.36. The van der Waals surface area contributed by atoms with Gasteiger partial charge in [0.25, 0.3) is 10.0 Å². The molecule has 0 atom stereocenters. The number of nitrogens with zero attached hydrogens (tertiary/aromatic N) is 2. The molecule has 0 bridgehead atoms. The van der Waals surface area contributed by atoms with E-state index in [9.17, 15) is 16.8 Å². The van der Waals surface area contributed by atoms with Crippen molar-refractivity contribution in [2.75, 3.05) is 18.5 Å². The van der Waals surface area contributed by atoms with Crippen molar-refractivity contribution in [2.24, 2.45) is 0 Å². The molecule has 0 aliphatic heterocycles. The first kappa shape index (κ1) is 21.8. The summed E-state index contributed by atoms with van der Waals surface area (Å²) < 4.78 is 51.7. The average molecular weight is 477 g/mol. The summed E-state index contributed by atoms with van der Waals surface area (Å²) in [6.07, 6.45) is 1.19. The third kappa shape index (κ3) is 5.05. The van der Waals surface area contributed by atoms with Gasteiger partial charge in [-0.3, -0.25) is 5.43 Å². The maximum Gasteiger partial charge on any atom is 0.257 e. The smallest absolute Gasteiger partial charge is 0.257 e. The van der Waals surface area contributed by atoms with Crippen LogP contribution in [-0.2, 0) is 20.0 Å². The van der Waals surface area contributed by atoms with Crippen molar-refractivity contribution in [2.45, 2.75) is 30.6 Å². The van der Waals surface area contributed by atoms with E-state index in [1.807, 2.05) is 0 Å². The maximum atomic E-state index is 12.4. The summed E-state index contributed by atoms with van der Waals surface area (Å²) in [5.74, 6) is 0.171. The lowest BCUT2D eigenvalue weighted by Gasteiger charge is -2.18.